The number of nitrogens with one attached hydrogen (secondary N) is 1. The predicted octanol–water partition coefficient (Wildman–Crippen LogP) is 0.622. The molecule has 1 aliphatic carbocycles. The monoisotopic (exact) mass is 226 g/mol. The fourth-order valence-electron chi connectivity index (χ4n) is 2.74. The van der Waals surface area contributed by atoms with Crippen molar-refractivity contribution in [2.75, 3.05) is 26.2 Å². The maximum Gasteiger partial charge on any atom is 0.324 e. The van der Waals surface area contributed by atoms with Crippen LogP contribution in [0.1, 0.15) is 26.7 Å². The topological polar surface area (TPSA) is 41.6 Å². The first-order valence-corrected chi connectivity index (χ1v) is 6.35. The second kappa shape index (κ2) is 5.15. The SMILES string of the molecule is CCOC(=O)C1CNCCN1C1CC(C)C1. The maximum absolute atomic E-state index is 11.8. The van der Waals surface area contributed by atoms with Crippen LogP contribution in [0.5, 0.6) is 0 Å². The molecule has 0 aromatic rings. The smallest absolute Gasteiger partial charge is 0.324 e. The van der Waals surface area contributed by atoms with Gasteiger partial charge in [0.2, 0.25) is 0 Å². The number of carbonyl (C=O) groups is 1. The number of hydrogen-bond acceptors (Lipinski definition) is 4. The molecule has 1 saturated carbocycles. The molecule has 0 spiro atoms. The molecule has 92 valence electrons. The van der Waals surface area contributed by atoms with Crippen molar-refractivity contribution >= 4 is 5.97 Å². The number of ether oxygens (including phenoxy) is 1. The summed E-state index contributed by atoms with van der Waals surface area (Å²) < 4.78 is 5.14. The number of esters is 1. The summed E-state index contributed by atoms with van der Waals surface area (Å²) in [5.41, 5.74) is 0. The summed E-state index contributed by atoms with van der Waals surface area (Å²) in [6, 6.07) is 0.540. The summed E-state index contributed by atoms with van der Waals surface area (Å²) in [5, 5.41) is 3.28. The summed E-state index contributed by atoms with van der Waals surface area (Å²) in [4.78, 5) is 14.2. The zero-order valence-electron chi connectivity index (χ0n) is 10.2. The largest absolute Gasteiger partial charge is 0.465 e. The fourth-order valence-corrected chi connectivity index (χ4v) is 2.74. The first kappa shape index (κ1) is 11.9. The minimum absolute atomic E-state index is 0.0609. The molecule has 16 heavy (non-hydrogen) atoms. The molecule has 0 aromatic heterocycles. The van der Waals surface area contributed by atoms with Crippen molar-refractivity contribution in [3.63, 3.8) is 0 Å². The van der Waals surface area contributed by atoms with Gasteiger partial charge in [-0.15, -0.1) is 0 Å². The van der Waals surface area contributed by atoms with Crippen LogP contribution in [0.15, 0.2) is 0 Å². The Hall–Kier alpha value is -0.610. The summed E-state index contributed by atoms with van der Waals surface area (Å²) in [6.07, 6.45) is 2.46. The molecule has 0 bridgehead atoms. The molecule has 1 heterocycles. The summed E-state index contributed by atoms with van der Waals surface area (Å²) in [7, 11) is 0. The third kappa shape index (κ3) is 2.38. The number of piperazine rings is 1. The van der Waals surface area contributed by atoms with Gasteiger partial charge in [-0.1, -0.05) is 6.92 Å². The highest BCUT2D eigenvalue weighted by Crippen LogP contribution is 2.32. The van der Waals surface area contributed by atoms with E-state index in [1.54, 1.807) is 0 Å². The molecule has 4 nitrogen and oxygen atoms in total. The van der Waals surface area contributed by atoms with Crippen molar-refractivity contribution in [1.29, 1.82) is 0 Å². The molecule has 1 N–H and O–H groups in total. The Labute approximate surface area is 97.3 Å². The molecule has 0 aromatic carbocycles. The predicted molar refractivity (Wildman–Crippen MR) is 62.2 cm³/mol. The number of nitrogens with zero attached hydrogens (tertiary/aromatic N) is 1. The van der Waals surface area contributed by atoms with Crippen LogP contribution in [0, 0.1) is 5.92 Å². The lowest BCUT2D eigenvalue weighted by Crippen LogP contribution is -2.61. The van der Waals surface area contributed by atoms with Crippen molar-refractivity contribution in [2.24, 2.45) is 5.92 Å². The quantitative estimate of drug-likeness (QED) is 0.716. The van der Waals surface area contributed by atoms with Crippen molar-refractivity contribution in [3.8, 4) is 0 Å². The van der Waals surface area contributed by atoms with Crippen molar-refractivity contribution < 1.29 is 9.53 Å². The van der Waals surface area contributed by atoms with Crippen molar-refractivity contribution in [2.45, 2.75) is 38.8 Å². The third-order valence-corrected chi connectivity index (χ3v) is 3.66. The van der Waals surface area contributed by atoms with E-state index in [9.17, 15) is 4.79 Å². The van der Waals surface area contributed by atoms with E-state index in [4.69, 9.17) is 4.74 Å². The number of rotatable bonds is 3. The lowest BCUT2D eigenvalue weighted by atomic mass is 9.80. The van der Waals surface area contributed by atoms with Crippen molar-refractivity contribution in [3.05, 3.63) is 0 Å². The molecule has 0 amide bonds. The highest BCUT2D eigenvalue weighted by atomic mass is 16.5. The van der Waals surface area contributed by atoms with Gasteiger partial charge in [0, 0.05) is 25.7 Å². The molecule has 1 atom stereocenters. The van der Waals surface area contributed by atoms with Gasteiger partial charge in [-0.05, 0) is 25.7 Å². The van der Waals surface area contributed by atoms with E-state index >= 15 is 0 Å². The second-order valence-corrected chi connectivity index (χ2v) is 4.94. The van der Waals surface area contributed by atoms with Gasteiger partial charge in [-0.25, -0.2) is 0 Å². The van der Waals surface area contributed by atoms with E-state index in [0.29, 0.717) is 12.6 Å². The van der Waals surface area contributed by atoms with Gasteiger partial charge < -0.3 is 10.1 Å². The summed E-state index contributed by atoms with van der Waals surface area (Å²) in [5.74, 6) is 0.761. The van der Waals surface area contributed by atoms with E-state index in [2.05, 4.69) is 17.1 Å². The average Bonchev–Trinajstić information content (AvgIpc) is 2.25. The molecule has 1 saturated heterocycles. The maximum atomic E-state index is 11.8. The van der Waals surface area contributed by atoms with E-state index in [0.717, 1.165) is 25.6 Å². The normalized spacial score (nSPS) is 35.5. The lowest BCUT2D eigenvalue weighted by molar-refractivity contribution is -0.152. The van der Waals surface area contributed by atoms with Gasteiger partial charge in [0.1, 0.15) is 6.04 Å². The van der Waals surface area contributed by atoms with Gasteiger partial charge >= 0.3 is 5.97 Å². The molecule has 2 aliphatic rings. The first-order valence-electron chi connectivity index (χ1n) is 6.35. The van der Waals surface area contributed by atoms with Crippen LogP contribution in [0.4, 0.5) is 0 Å². The van der Waals surface area contributed by atoms with Crippen LogP contribution in [-0.2, 0) is 9.53 Å². The van der Waals surface area contributed by atoms with Gasteiger partial charge in [0.15, 0.2) is 0 Å². The van der Waals surface area contributed by atoms with Crippen LogP contribution in [0.25, 0.3) is 0 Å². The molecule has 4 heteroatoms. The molecular formula is C12H22N2O2. The van der Waals surface area contributed by atoms with Gasteiger partial charge in [-0.2, -0.15) is 0 Å². The fraction of sp³-hybridized carbons (Fsp3) is 0.917. The first-order chi connectivity index (χ1) is 7.72. The Morgan fingerprint density at radius 3 is 2.88 bits per heavy atom. The molecule has 1 aliphatic heterocycles. The Bertz CT molecular complexity index is 251. The molecule has 1 unspecified atom stereocenters. The molecule has 2 rings (SSSR count). The highest BCUT2D eigenvalue weighted by molar-refractivity contribution is 5.76. The van der Waals surface area contributed by atoms with E-state index in [-0.39, 0.29) is 12.0 Å². The zero-order valence-corrected chi connectivity index (χ0v) is 10.2. The van der Waals surface area contributed by atoms with Crippen LogP contribution < -0.4 is 5.32 Å². The molecular weight excluding hydrogens is 204 g/mol. The molecule has 2 fully saturated rings. The van der Waals surface area contributed by atoms with Gasteiger partial charge in [0.05, 0.1) is 6.61 Å². The minimum Gasteiger partial charge on any atom is -0.465 e. The highest BCUT2D eigenvalue weighted by Gasteiger charge is 2.39. The molecule has 0 radical (unpaired) electrons. The Balaban J connectivity index is 1.94. The average molecular weight is 226 g/mol. The van der Waals surface area contributed by atoms with Gasteiger partial charge in [0.25, 0.3) is 0 Å². The Morgan fingerprint density at radius 2 is 2.25 bits per heavy atom. The Morgan fingerprint density at radius 1 is 1.50 bits per heavy atom. The van der Waals surface area contributed by atoms with E-state index in [1.807, 2.05) is 6.92 Å². The lowest BCUT2D eigenvalue weighted by Gasteiger charge is -2.46. The van der Waals surface area contributed by atoms with Crippen molar-refractivity contribution in [1.82, 2.24) is 10.2 Å². The van der Waals surface area contributed by atoms with Crippen LogP contribution in [-0.4, -0.2) is 49.2 Å². The second-order valence-electron chi connectivity index (χ2n) is 4.94. The standard InChI is InChI=1S/C12H22N2O2/c1-3-16-12(15)11-8-13-4-5-14(11)10-6-9(2)7-10/h9-11,13H,3-8H2,1-2H3. The van der Waals surface area contributed by atoms with Crippen LogP contribution in [0.2, 0.25) is 0 Å². The van der Waals surface area contributed by atoms with E-state index in [1.165, 1.54) is 12.8 Å². The van der Waals surface area contributed by atoms with Crippen LogP contribution >= 0.6 is 0 Å². The van der Waals surface area contributed by atoms with Crippen LogP contribution in [0.3, 0.4) is 0 Å². The zero-order chi connectivity index (χ0) is 11.5. The van der Waals surface area contributed by atoms with Gasteiger partial charge in [-0.3, -0.25) is 9.69 Å². The number of carbonyl (C=O) groups excluding carboxylic acids is 1. The number of hydrogen-bond donors (Lipinski definition) is 1. The summed E-state index contributed by atoms with van der Waals surface area (Å²) >= 11 is 0. The minimum atomic E-state index is -0.0637. The summed E-state index contributed by atoms with van der Waals surface area (Å²) in [6.45, 7) is 7.32. The van der Waals surface area contributed by atoms with E-state index < -0.39 is 0 Å². The Kier molecular flexibility index (Phi) is 3.82. The third-order valence-electron chi connectivity index (χ3n) is 3.66.